The lowest BCUT2D eigenvalue weighted by Gasteiger charge is -2.49. The maximum absolute atomic E-state index is 4.77. The Kier molecular flexibility index (Phi) is 12.6. The van der Waals surface area contributed by atoms with Crippen LogP contribution < -0.4 is 0 Å². The Morgan fingerprint density at radius 1 is 0.404 bits per heavy atom. The van der Waals surface area contributed by atoms with Gasteiger partial charge in [-0.05, 0) is 150 Å². The van der Waals surface area contributed by atoms with Crippen molar-refractivity contribution in [2.24, 2.45) is 0 Å². The molecule has 0 N–H and O–H groups in total. The van der Waals surface area contributed by atoms with Crippen molar-refractivity contribution in [1.82, 2.24) is 14.7 Å². The quantitative estimate of drug-likeness (QED) is 0.253. The molecule has 3 nitrogen and oxygen atoms in total. The second kappa shape index (κ2) is 15.3. The van der Waals surface area contributed by atoms with Gasteiger partial charge in [0.25, 0.3) is 0 Å². The van der Waals surface area contributed by atoms with Gasteiger partial charge >= 0.3 is 0 Å². The molecule has 3 aromatic carbocycles. The zero-order chi connectivity index (χ0) is 40.0. The van der Waals surface area contributed by atoms with E-state index in [1.165, 1.54) is 77.9 Å². The minimum atomic E-state index is 0.0798. The molecule has 1 aliphatic heterocycles. The van der Waals surface area contributed by atoms with Crippen LogP contribution in [-0.4, -0.2) is 14.7 Å². The van der Waals surface area contributed by atoms with Crippen molar-refractivity contribution in [3.05, 3.63) is 139 Å². The molecule has 0 unspecified atom stereocenters. The zero-order valence-electron chi connectivity index (χ0n) is 36.9. The van der Waals surface area contributed by atoms with Crippen molar-refractivity contribution in [2.75, 3.05) is 0 Å². The number of hydrogen-bond donors (Lipinski definition) is 0. The van der Waals surface area contributed by atoms with Gasteiger partial charge in [-0.25, -0.2) is 0 Å². The maximum Gasteiger partial charge on any atom is 0.108 e. The van der Waals surface area contributed by atoms with Gasteiger partial charge in [-0.1, -0.05) is 120 Å². The molecule has 0 amide bonds. The third-order valence-electron chi connectivity index (χ3n) is 11.5. The summed E-state index contributed by atoms with van der Waals surface area (Å²) >= 11 is 0. The van der Waals surface area contributed by atoms with Crippen LogP contribution in [0.3, 0.4) is 0 Å². The van der Waals surface area contributed by atoms with Crippen LogP contribution in [0.4, 0.5) is 0 Å². The highest BCUT2D eigenvalue weighted by Gasteiger charge is 2.35. The molecule has 1 fully saturated rings. The van der Waals surface area contributed by atoms with Crippen molar-refractivity contribution in [3.63, 3.8) is 0 Å². The van der Waals surface area contributed by atoms with E-state index in [9.17, 15) is 0 Å². The Labute approximate surface area is 320 Å². The molecule has 0 aliphatic carbocycles. The number of aryl methyl sites for hydroxylation is 4. The topological polar surface area (TPSA) is 9.72 Å². The van der Waals surface area contributed by atoms with Gasteiger partial charge in [-0.15, -0.1) is 0 Å². The third-order valence-corrected chi connectivity index (χ3v) is 11.5. The molecule has 0 atom stereocenters. The zero-order valence-corrected chi connectivity index (χ0v) is 36.9. The van der Waals surface area contributed by atoms with Crippen LogP contribution in [0.1, 0.15) is 154 Å². The molecule has 0 spiro atoms. The number of nitrogens with zero attached hydrogens (tertiary/aromatic N) is 3. The largest absolute Gasteiger partial charge is 0.310 e. The van der Waals surface area contributed by atoms with Gasteiger partial charge in [0, 0.05) is 0 Å². The summed E-state index contributed by atoms with van der Waals surface area (Å²) in [5.41, 5.74) is 19.1. The standard InChI is InChI=1S/C47H67N3.C2H6/c1-28-21-39(45(12,13)14)22-29(2)40(28)25-48-36(9)49(26-41-30(3)23-43(46(15,16)17)34(7)32(41)5)38(11)50(37(48)10)27-42-31(4)24-44(47(18,19)20)35(8)33(42)6;1-2/h21-24H,9-11,25-27H2,1-8,12-20H3;1-2H3. The Bertz CT molecular complexity index is 1740. The van der Waals surface area contributed by atoms with E-state index in [1.807, 2.05) is 13.8 Å². The molecule has 0 radical (unpaired) electrons. The number of benzene rings is 3. The van der Waals surface area contributed by atoms with Crippen molar-refractivity contribution in [3.8, 4) is 0 Å². The lowest BCUT2D eigenvalue weighted by molar-refractivity contribution is 0.117. The van der Waals surface area contributed by atoms with Crippen LogP contribution in [0.2, 0.25) is 0 Å². The molecule has 1 saturated heterocycles. The highest BCUT2D eigenvalue weighted by Crippen LogP contribution is 2.40. The van der Waals surface area contributed by atoms with E-state index in [2.05, 4.69) is 157 Å². The van der Waals surface area contributed by atoms with Crippen molar-refractivity contribution >= 4 is 0 Å². The minimum absolute atomic E-state index is 0.0798. The molecule has 4 rings (SSSR count). The summed E-state index contributed by atoms with van der Waals surface area (Å²) in [4.78, 5) is 6.98. The summed E-state index contributed by atoms with van der Waals surface area (Å²) < 4.78 is 0. The predicted octanol–water partition coefficient (Wildman–Crippen LogP) is 13.3. The van der Waals surface area contributed by atoms with Crippen LogP contribution in [0.25, 0.3) is 0 Å². The first-order chi connectivity index (χ1) is 23.8. The summed E-state index contributed by atoms with van der Waals surface area (Å²) in [6.07, 6.45) is 0. The highest BCUT2D eigenvalue weighted by atomic mass is 15.5. The molecular weight excluding hydrogens is 631 g/mol. The smallest absolute Gasteiger partial charge is 0.108 e. The fraction of sp³-hybridized carbons (Fsp3) is 0.510. The van der Waals surface area contributed by atoms with Crippen molar-refractivity contribution in [2.45, 2.75) is 167 Å². The van der Waals surface area contributed by atoms with E-state index < -0.39 is 0 Å². The van der Waals surface area contributed by atoms with Crippen molar-refractivity contribution in [1.29, 1.82) is 0 Å². The van der Waals surface area contributed by atoms with E-state index in [0.29, 0.717) is 19.6 Å². The van der Waals surface area contributed by atoms with E-state index >= 15 is 0 Å². The van der Waals surface area contributed by atoms with Gasteiger partial charge in [0.1, 0.15) is 17.5 Å². The number of rotatable bonds is 6. The molecule has 1 heterocycles. The van der Waals surface area contributed by atoms with E-state index in [4.69, 9.17) is 19.7 Å². The molecule has 52 heavy (non-hydrogen) atoms. The fourth-order valence-corrected chi connectivity index (χ4v) is 7.90. The Morgan fingerprint density at radius 3 is 0.942 bits per heavy atom. The van der Waals surface area contributed by atoms with E-state index in [-0.39, 0.29) is 16.2 Å². The van der Waals surface area contributed by atoms with Gasteiger partial charge in [0.05, 0.1) is 19.6 Å². The monoisotopic (exact) mass is 704 g/mol. The first kappa shape index (κ1) is 42.7. The molecule has 0 saturated carbocycles. The first-order valence-corrected chi connectivity index (χ1v) is 19.5. The Morgan fingerprint density at radius 2 is 0.673 bits per heavy atom. The molecule has 1 aliphatic rings. The summed E-state index contributed by atoms with van der Waals surface area (Å²) in [6, 6.07) is 9.53. The van der Waals surface area contributed by atoms with E-state index in [0.717, 1.165) is 17.5 Å². The van der Waals surface area contributed by atoms with Gasteiger partial charge in [-0.3, -0.25) is 0 Å². The van der Waals surface area contributed by atoms with Crippen LogP contribution in [0.5, 0.6) is 0 Å². The average molecular weight is 704 g/mol. The second-order valence-electron chi connectivity index (χ2n) is 18.3. The summed E-state index contributed by atoms with van der Waals surface area (Å²) in [5, 5.41) is 0. The first-order valence-electron chi connectivity index (χ1n) is 19.5. The number of hydrogen-bond acceptors (Lipinski definition) is 3. The molecule has 0 bridgehead atoms. The fourth-order valence-electron chi connectivity index (χ4n) is 7.90. The molecule has 284 valence electrons. The van der Waals surface area contributed by atoms with Crippen molar-refractivity contribution < 1.29 is 0 Å². The van der Waals surface area contributed by atoms with Gasteiger partial charge in [-0.2, -0.15) is 0 Å². The third kappa shape index (κ3) is 8.40. The highest BCUT2D eigenvalue weighted by molar-refractivity contribution is 5.49. The van der Waals surface area contributed by atoms with Crippen LogP contribution in [0.15, 0.2) is 61.5 Å². The predicted molar refractivity (Wildman–Crippen MR) is 229 cm³/mol. The SMILES string of the molecule is C=C1N(Cc2c(C)cc(C(C)(C)C)cc2C)C(=C)N(Cc2c(C)cc(C(C)(C)C)c(C)c2C)C(=C)N1Cc1c(C)cc(C(C)(C)C)c(C)c1C.CC. The molecular formula is C49H73N3. The van der Waals surface area contributed by atoms with Crippen LogP contribution in [0, 0.1) is 55.4 Å². The minimum Gasteiger partial charge on any atom is -0.310 e. The molecule has 3 heteroatoms. The Balaban J connectivity index is 0.00000358. The molecule has 0 aromatic heterocycles. The lowest BCUT2D eigenvalue weighted by Crippen LogP contribution is -2.48. The summed E-state index contributed by atoms with van der Waals surface area (Å²) in [5.74, 6) is 2.75. The van der Waals surface area contributed by atoms with Gasteiger partial charge in [0.15, 0.2) is 0 Å². The summed E-state index contributed by atoms with van der Waals surface area (Å²) in [6.45, 7) is 59.2. The van der Waals surface area contributed by atoms with Crippen LogP contribution >= 0.6 is 0 Å². The Hall–Kier alpha value is -3.72. The lowest BCUT2D eigenvalue weighted by atomic mass is 9.80. The second-order valence-corrected chi connectivity index (χ2v) is 18.3. The van der Waals surface area contributed by atoms with Gasteiger partial charge < -0.3 is 14.7 Å². The normalized spacial score (nSPS) is 14.3. The molecule has 3 aromatic rings. The summed E-state index contributed by atoms with van der Waals surface area (Å²) in [7, 11) is 0. The van der Waals surface area contributed by atoms with Crippen LogP contribution in [-0.2, 0) is 35.9 Å². The maximum atomic E-state index is 4.77. The average Bonchev–Trinajstić information content (AvgIpc) is 3.02. The van der Waals surface area contributed by atoms with Gasteiger partial charge in [0.2, 0.25) is 0 Å². The van der Waals surface area contributed by atoms with E-state index in [1.54, 1.807) is 0 Å².